The fraction of sp³-hybridized carbons (Fsp3) is 0.643. The Balaban J connectivity index is 1.86. The first kappa shape index (κ1) is 16.4. The van der Waals surface area contributed by atoms with E-state index in [0.717, 1.165) is 0 Å². The summed E-state index contributed by atoms with van der Waals surface area (Å²) in [5, 5.41) is 3.83. The van der Waals surface area contributed by atoms with Gasteiger partial charge in [0.1, 0.15) is 5.57 Å². The number of hydrogen-bond acceptors (Lipinski definition) is 6. The maximum absolute atomic E-state index is 13.0. The van der Waals surface area contributed by atoms with Crippen molar-refractivity contribution in [3.05, 3.63) is 11.6 Å². The lowest BCUT2D eigenvalue weighted by atomic mass is 9.93. The number of nitrogens with one attached hydrogen (secondary N) is 1. The third-order valence-corrected chi connectivity index (χ3v) is 3.41. The van der Waals surface area contributed by atoms with E-state index in [9.17, 15) is 18.4 Å². The Bertz CT molecular complexity index is 497. The first-order valence-corrected chi connectivity index (χ1v) is 7.02. The molecule has 1 aliphatic heterocycles. The topological polar surface area (TPSA) is 77.0 Å². The molecule has 0 amide bonds. The fourth-order valence-corrected chi connectivity index (χ4v) is 2.23. The minimum atomic E-state index is -2.59. The Morgan fingerprint density at radius 1 is 1.18 bits per heavy atom. The summed E-state index contributed by atoms with van der Waals surface area (Å²) in [6.45, 7) is 2.90. The quantitative estimate of drug-likeness (QED) is 0.283. The number of ether oxygens (including phenoxy) is 2. The van der Waals surface area contributed by atoms with Gasteiger partial charge in [-0.2, -0.15) is 5.10 Å². The number of cyclic esters (lactones) is 2. The summed E-state index contributed by atoms with van der Waals surface area (Å²) in [5.41, 5.74) is 2.47. The molecule has 0 aromatic carbocycles. The van der Waals surface area contributed by atoms with Crippen LogP contribution in [0.25, 0.3) is 0 Å². The van der Waals surface area contributed by atoms with Crippen LogP contribution < -0.4 is 5.43 Å². The third-order valence-electron chi connectivity index (χ3n) is 3.41. The van der Waals surface area contributed by atoms with Crippen LogP contribution in [-0.4, -0.2) is 35.9 Å². The van der Waals surface area contributed by atoms with Gasteiger partial charge in [-0.05, 0) is 18.9 Å². The van der Waals surface area contributed by atoms with Crippen molar-refractivity contribution in [3.63, 3.8) is 0 Å². The fourth-order valence-electron chi connectivity index (χ4n) is 2.23. The summed E-state index contributed by atoms with van der Waals surface area (Å²) in [5.74, 6) is -5.45. The van der Waals surface area contributed by atoms with Gasteiger partial charge in [-0.3, -0.25) is 0 Å². The number of alkyl halides is 2. The van der Waals surface area contributed by atoms with Gasteiger partial charge in [0.05, 0.1) is 0 Å². The van der Waals surface area contributed by atoms with Gasteiger partial charge >= 0.3 is 11.9 Å². The van der Waals surface area contributed by atoms with E-state index in [-0.39, 0.29) is 24.5 Å². The number of carbonyl (C=O) groups is 2. The number of allylic oxidation sites excluding steroid dienone is 1. The highest BCUT2D eigenvalue weighted by Crippen LogP contribution is 2.32. The van der Waals surface area contributed by atoms with Crippen LogP contribution in [0.3, 0.4) is 0 Å². The molecule has 0 spiro atoms. The van der Waals surface area contributed by atoms with Gasteiger partial charge in [0.25, 0.3) is 5.79 Å². The minimum absolute atomic E-state index is 0.140. The number of hydrazone groups is 1. The highest BCUT2D eigenvalue weighted by molar-refractivity contribution is 6.17. The largest absolute Gasteiger partial charge is 0.419 e. The molecule has 1 heterocycles. The molecule has 2 aliphatic rings. The summed E-state index contributed by atoms with van der Waals surface area (Å²) in [7, 11) is 0. The normalized spacial score (nSPS) is 24.8. The SMILES string of the molecule is CC1(C)OC(=O)C(=C/C=N\NC2CCC(F)(F)CC2)C(=O)O1. The van der Waals surface area contributed by atoms with Gasteiger partial charge in [-0.25, -0.2) is 18.4 Å². The van der Waals surface area contributed by atoms with Crippen LogP contribution in [0.5, 0.6) is 0 Å². The number of rotatable bonds is 3. The van der Waals surface area contributed by atoms with Crippen LogP contribution in [0.4, 0.5) is 8.78 Å². The molecule has 0 aromatic rings. The number of nitrogens with zero attached hydrogens (tertiary/aromatic N) is 1. The first-order valence-electron chi connectivity index (χ1n) is 7.02. The molecule has 0 bridgehead atoms. The van der Waals surface area contributed by atoms with Crippen LogP contribution in [0.1, 0.15) is 39.5 Å². The van der Waals surface area contributed by atoms with Crippen molar-refractivity contribution in [1.82, 2.24) is 5.43 Å². The Labute approximate surface area is 126 Å². The summed E-state index contributed by atoms with van der Waals surface area (Å²) >= 11 is 0. The molecular formula is C14H18F2N2O4. The standard InChI is InChI=1S/C14H18F2N2O4/c1-13(2)21-11(19)10(12(20)22-13)5-8-17-18-9-3-6-14(15,16)7-4-9/h5,8-9,18H,3-4,6-7H2,1-2H3/b17-8-. The Morgan fingerprint density at radius 2 is 1.73 bits per heavy atom. The van der Waals surface area contributed by atoms with Crippen LogP contribution >= 0.6 is 0 Å². The molecule has 0 aromatic heterocycles. The highest BCUT2D eigenvalue weighted by atomic mass is 19.3. The molecular weight excluding hydrogens is 298 g/mol. The van der Waals surface area contributed by atoms with Crippen LogP contribution in [-0.2, 0) is 19.1 Å². The Kier molecular flexibility index (Phi) is 4.48. The van der Waals surface area contributed by atoms with E-state index in [1.807, 2.05) is 0 Å². The van der Waals surface area contributed by atoms with Gasteiger partial charge in [-0.1, -0.05) is 0 Å². The van der Waals surface area contributed by atoms with Gasteiger partial charge in [0, 0.05) is 38.9 Å². The second-order valence-corrected chi connectivity index (χ2v) is 5.80. The maximum Gasteiger partial charge on any atom is 0.348 e. The average molecular weight is 316 g/mol. The van der Waals surface area contributed by atoms with Gasteiger partial charge < -0.3 is 14.9 Å². The van der Waals surface area contributed by atoms with E-state index in [2.05, 4.69) is 10.5 Å². The second-order valence-electron chi connectivity index (χ2n) is 5.80. The van der Waals surface area contributed by atoms with Gasteiger partial charge in [0.2, 0.25) is 5.92 Å². The maximum atomic E-state index is 13.0. The zero-order valence-electron chi connectivity index (χ0n) is 12.4. The monoisotopic (exact) mass is 316 g/mol. The Hall–Kier alpha value is -1.99. The van der Waals surface area contributed by atoms with Crippen molar-refractivity contribution >= 4 is 18.2 Å². The molecule has 0 radical (unpaired) electrons. The lowest BCUT2D eigenvalue weighted by Gasteiger charge is -2.29. The zero-order chi connectivity index (χ0) is 16.4. The molecule has 1 saturated carbocycles. The minimum Gasteiger partial charge on any atom is -0.419 e. The molecule has 2 rings (SSSR count). The molecule has 2 fully saturated rings. The summed E-state index contributed by atoms with van der Waals surface area (Å²) in [4.78, 5) is 23.3. The van der Waals surface area contributed by atoms with Crippen molar-refractivity contribution < 1.29 is 27.8 Å². The van der Waals surface area contributed by atoms with Crippen LogP contribution in [0, 0.1) is 0 Å². The van der Waals surface area contributed by atoms with E-state index >= 15 is 0 Å². The second kappa shape index (κ2) is 6.02. The average Bonchev–Trinajstić information content (AvgIpc) is 2.37. The van der Waals surface area contributed by atoms with Crippen molar-refractivity contribution in [2.45, 2.75) is 57.3 Å². The first-order chi connectivity index (χ1) is 10.2. The number of hydrogen-bond donors (Lipinski definition) is 1. The number of esters is 2. The van der Waals surface area contributed by atoms with E-state index in [0.29, 0.717) is 12.8 Å². The summed E-state index contributed by atoms with van der Waals surface area (Å²) < 4.78 is 35.8. The smallest absolute Gasteiger partial charge is 0.348 e. The van der Waals surface area contributed by atoms with Gasteiger partial charge in [-0.15, -0.1) is 0 Å². The lowest BCUT2D eigenvalue weighted by Crippen LogP contribution is -2.41. The molecule has 122 valence electrons. The third kappa shape index (κ3) is 4.25. The predicted molar refractivity (Wildman–Crippen MR) is 73.2 cm³/mol. The van der Waals surface area contributed by atoms with E-state index in [1.54, 1.807) is 0 Å². The van der Waals surface area contributed by atoms with E-state index in [4.69, 9.17) is 9.47 Å². The van der Waals surface area contributed by atoms with Gasteiger partial charge in [0.15, 0.2) is 0 Å². The lowest BCUT2D eigenvalue weighted by molar-refractivity contribution is -0.222. The zero-order valence-corrected chi connectivity index (χ0v) is 12.4. The van der Waals surface area contributed by atoms with Crippen LogP contribution in [0.15, 0.2) is 16.8 Å². The molecule has 0 atom stereocenters. The molecule has 1 saturated heterocycles. The number of carbonyl (C=O) groups excluding carboxylic acids is 2. The molecule has 1 aliphatic carbocycles. The summed E-state index contributed by atoms with van der Waals surface area (Å²) in [6.07, 6.45) is 2.68. The van der Waals surface area contributed by atoms with Crippen molar-refractivity contribution in [1.29, 1.82) is 0 Å². The molecule has 22 heavy (non-hydrogen) atoms. The molecule has 1 N–H and O–H groups in total. The molecule has 6 nitrogen and oxygen atoms in total. The van der Waals surface area contributed by atoms with Crippen LogP contribution in [0.2, 0.25) is 0 Å². The Morgan fingerprint density at radius 3 is 2.27 bits per heavy atom. The summed E-state index contributed by atoms with van der Waals surface area (Å²) in [6, 6.07) is -0.140. The molecule has 0 unspecified atom stereocenters. The number of halogens is 2. The van der Waals surface area contributed by atoms with Crippen molar-refractivity contribution in [2.24, 2.45) is 5.10 Å². The van der Waals surface area contributed by atoms with E-state index < -0.39 is 23.6 Å². The highest BCUT2D eigenvalue weighted by Gasteiger charge is 2.38. The van der Waals surface area contributed by atoms with Crippen molar-refractivity contribution in [2.75, 3.05) is 0 Å². The predicted octanol–water partition coefficient (Wildman–Crippen LogP) is 1.90. The van der Waals surface area contributed by atoms with E-state index in [1.165, 1.54) is 26.1 Å². The molecule has 8 heteroatoms. The van der Waals surface area contributed by atoms with Crippen molar-refractivity contribution in [3.8, 4) is 0 Å².